The number of nitrogens with zero attached hydrogens (tertiary/aromatic N) is 4. The second kappa shape index (κ2) is 8.02. The summed E-state index contributed by atoms with van der Waals surface area (Å²) >= 11 is 9.38. The highest BCUT2D eigenvalue weighted by atomic mass is 35.5. The topological polar surface area (TPSA) is 56.7 Å². The number of hydrogen-bond acceptors (Lipinski definition) is 6. The number of hydrogen-bond donors (Lipinski definition) is 0. The highest BCUT2D eigenvalue weighted by molar-refractivity contribution is 7.98. The molecule has 0 spiro atoms. The average Bonchev–Trinajstić information content (AvgIpc) is 3.47. The van der Waals surface area contributed by atoms with Gasteiger partial charge >= 0.3 is 0 Å². The molecule has 0 saturated heterocycles. The summed E-state index contributed by atoms with van der Waals surface area (Å²) in [7, 11) is 0. The fourth-order valence-corrected chi connectivity index (χ4v) is 5.04. The minimum Gasteiger partial charge on any atom is -0.467 e. The molecule has 0 atom stereocenters. The summed E-state index contributed by atoms with van der Waals surface area (Å²) in [6.07, 6.45) is 1.68. The maximum Gasteiger partial charge on any atom is 0.192 e. The van der Waals surface area contributed by atoms with Crippen molar-refractivity contribution in [2.24, 2.45) is 0 Å². The van der Waals surface area contributed by atoms with Crippen LogP contribution in [0, 0.1) is 0 Å². The molecule has 2 aromatic carbocycles. The first-order valence-electron chi connectivity index (χ1n) is 8.95. The molecule has 0 aliphatic carbocycles. The number of benzene rings is 2. The highest BCUT2D eigenvalue weighted by Crippen LogP contribution is 2.30. The number of halogens is 1. The predicted octanol–water partition coefficient (Wildman–Crippen LogP) is 6.14. The van der Waals surface area contributed by atoms with Crippen molar-refractivity contribution < 1.29 is 4.42 Å². The molecule has 3 aromatic heterocycles. The van der Waals surface area contributed by atoms with Gasteiger partial charge in [0, 0.05) is 10.6 Å². The van der Waals surface area contributed by atoms with Crippen LogP contribution in [0.1, 0.15) is 10.8 Å². The summed E-state index contributed by atoms with van der Waals surface area (Å²) in [5.74, 6) is 2.36. The second-order valence-electron chi connectivity index (χ2n) is 6.34. The van der Waals surface area contributed by atoms with E-state index >= 15 is 0 Å². The maximum absolute atomic E-state index is 6.04. The molecule has 0 bridgehead atoms. The van der Waals surface area contributed by atoms with Crippen LogP contribution in [0.25, 0.3) is 21.6 Å². The molecule has 0 aliphatic rings. The Bertz CT molecular complexity index is 1210. The number of thiazole rings is 1. The molecule has 0 radical (unpaired) electrons. The maximum atomic E-state index is 6.04. The van der Waals surface area contributed by atoms with Crippen LogP contribution >= 0.6 is 34.7 Å². The van der Waals surface area contributed by atoms with Crippen molar-refractivity contribution in [3.05, 3.63) is 82.7 Å². The van der Waals surface area contributed by atoms with E-state index in [4.69, 9.17) is 21.0 Å². The fraction of sp³-hybridized carbons (Fsp3) is 0.0952. The van der Waals surface area contributed by atoms with Gasteiger partial charge in [0.1, 0.15) is 10.8 Å². The van der Waals surface area contributed by atoms with Crippen LogP contribution in [0.5, 0.6) is 0 Å². The summed E-state index contributed by atoms with van der Waals surface area (Å²) in [6.45, 7) is 0.556. The monoisotopic (exact) mass is 438 g/mol. The van der Waals surface area contributed by atoms with Crippen LogP contribution in [-0.4, -0.2) is 19.7 Å². The number of rotatable bonds is 6. The van der Waals surface area contributed by atoms with Crippen LogP contribution in [0.15, 0.2) is 76.5 Å². The Morgan fingerprint density at radius 3 is 2.66 bits per heavy atom. The van der Waals surface area contributed by atoms with Gasteiger partial charge < -0.3 is 4.42 Å². The molecule has 3 heterocycles. The van der Waals surface area contributed by atoms with Gasteiger partial charge in [0.25, 0.3) is 0 Å². The zero-order valence-corrected chi connectivity index (χ0v) is 17.5. The summed E-state index contributed by atoms with van der Waals surface area (Å²) in [4.78, 5) is 4.71. The first-order valence-corrected chi connectivity index (χ1v) is 11.1. The zero-order chi connectivity index (χ0) is 19.6. The van der Waals surface area contributed by atoms with Crippen molar-refractivity contribution in [2.75, 3.05) is 0 Å². The lowest BCUT2D eigenvalue weighted by molar-refractivity contribution is 0.485. The van der Waals surface area contributed by atoms with E-state index in [-0.39, 0.29) is 0 Å². The Morgan fingerprint density at radius 2 is 1.86 bits per heavy atom. The Labute approximate surface area is 180 Å². The third kappa shape index (κ3) is 3.94. The van der Waals surface area contributed by atoms with Crippen molar-refractivity contribution in [2.45, 2.75) is 17.5 Å². The lowest BCUT2D eigenvalue weighted by Gasteiger charge is -2.08. The Morgan fingerprint density at radius 1 is 1.00 bits per heavy atom. The van der Waals surface area contributed by atoms with Gasteiger partial charge in [-0.25, -0.2) is 4.98 Å². The van der Waals surface area contributed by atoms with Gasteiger partial charge in [0.05, 0.1) is 28.8 Å². The number of fused-ring (bicyclic) bond motifs is 1. The molecule has 0 unspecified atom stereocenters. The SMILES string of the molecule is Clc1ccc(-c2nnc(SCc3nc4ccccc4s3)n2Cc2ccco2)cc1. The molecule has 5 nitrogen and oxygen atoms in total. The summed E-state index contributed by atoms with van der Waals surface area (Å²) in [5, 5.41) is 11.5. The minimum atomic E-state index is 0.556. The second-order valence-corrected chi connectivity index (χ2v) is 8.84. The summed E-state index contributed by atoms with van der Waals surface area (Å²) in [5.41, 5.74) is 1.99. The van der Waals surface area contributed by atoms with E-state index in [0.717, 1.165) is 38.6 Å². The van der Waals surface area contributed by atoms with E-state index in [1.807, 2.05) is 54.6 Å². The average molecular weight is 439 g/mol. The molecule has 0 amide bonds. The number of para-hydroxylation sites is 1. The summed E-state index contributed by atoms with van der Waals surface area (Å²) < 4.78 is 8.82. The van der Waals surface area contributed by atoms with E-state index in [9.17, 15) is 0 Å². The molecule has 8 heteroatoms. The lowest BCUT2D eigenvalue weighted by Crippen LogP contribution is -2.03. The number of thioether (sulfide) groups is 1. The van der Waals surface area contributed by atoms with Crippen LogP contribution in [0.4, 0.5) is 0 Å². The van der Waals surface area contributed by atoms with Gasteiger partial charge in [-0.2, -0.15) is 0 Å². The van der Waals surface area contributed by atoms with Gasteiger partial charge in [-0.1, -0.05) is 35.5 Å². The molecule has 0 saturated carbocycles. The van der Waals surface area contributed by atoms with Crippen LogP contribution in [0.3, 0.4) is 0 Å². The van der Waals surface area contributed by atoms with Gasteiger partial charge in [0.15, 0.2) is 11.0 Å². The van der Waals surface area contributed by atoms with Crippen molar-refractivity contribution in [1.82, 2.24) is 19.7 Å². The van der Waals surface area contributed by atoms with Crippen LogP contribution in [0.2, 0.25) is 5.02 Å². The van der Waals surface area contributed by atoms with Gasteiger partial charge in [0.2, 0.25) is 0 Å². The lowest BCUT2D eigenvalue weighted by atomic mass is 10.2. The summed E-state index contributed by atoms with van der Waals surface area (Å²) in [6, 6.07) is 19.6. The molecule has 0 aliphatic heterocycles. The Balaban J connectivity index is 1.45. The molecule has 0 fully saturated rings. The van der Waals surface area contributed by atoms with E-state index < -0.39 is 0 Å². The quantitative estimate of drug-likeness (QED) is 0.298. The first kappa shape index (κ1) is 18.4. The predicted molar refractivity (Wildman–Crippen MR) is 117 cm³/mol. The molecule has 5 rings (SSSR count). The van der Waals surface area contributed by atoms with Gasteiger partial charge in [-0.15, -0.1) is 21.5 Å². The largest absolute Gasteiger partial charge is 0.467 e. The minimum absolute atomic E-state index is 0.556. The van der Waals surface area contributed by atoms with Crippen molar-refractivity contribution in [3.63, 3.8) is 0 Å². The molecule has 5 aromatic rings. The highest BCUT2D eigenvalue weighted by Gasteiger charge is 2.17. The van der Waals surface area contributed by atoms with Crippen LogP contribution in [-0.2, 0) is 12.3 Å². The standard InChI is InChI=1S/C21H15ClN4OS2/c22-15-9-7-14(8-10-15)20-24-25-21(26(20)12-16-4-3-11-27-16)28-13-19-23-17-5-1-2-6-18(17)29-19/h1-11H,12-13H2. The van der Waals surface area contributed by atoms with E-state index in [0.29, 0.717) is 11.6 Å². The van der Waals surface area contributed by atoms with E-state index in [2.05, 4.69) is 20.8 Å². The Kier molecular flexibility index (Phi) is 5.10. The van der Waals surface area contributed by atoms with Gasteiger partial charge in [-0.3, -0.25) is 4.57 Å². The number of aromatic nitrogens is 4. The number of furan rings is 1. The zero-order valence-electron chi connectivity index (χ0n) is 15.2. The first-order chi connectivity index (χ1) is 14.3. The van der Waals surface area contributed by atoms with Gasteiger partial charge in [-0.05, 0) is 48.5 Å². The van der Waals surface area contributed by atoms with E-state index in [1.165, 1.54) is 4.70 Å². The van der Waals surface area contributed by atoms with Crippen molar-refractivity contribution in [1.29, 1.82) is 0 Å². The van der Waals surface area contributed by atoms with Crippen molar-refractivity contribution in [3.8, 4) is 11.4 Å². The Hall–Kier alpha value is -2.61. The third-order valence-corrected chi connectivity index (χ3v) is 6.83. The molecule has 144 valence electrons. The molecule has 29 heavy (non-hydrogen) atoms. The van der Waals surface area contributed by atoms with Crippen molar-refractivity contribution >= 4 is 44.9 Å². The molecular formula is C21H15ClN4OS2. The fourth-order valence-electron chi connectivity index (χ4n) is 3.02. The molecular weight excluding hydrogens is 424 g/mol. The normalized spacial score (nSPS) is 11.3. The van der Waals surface area contributed by atoms with E-state index in [1.54, 1.807) is 29.4 Å². The third-order valence-electron chi connectivity index (χ3n) is 4.38. The molecule has 0 N–H and O–H groups in total. The van der Waals surface area contributed by atoms with Crippen LogP contribution < -0.4 is 0 Å². The smallest absolute Gasteiger partial charge is 0.192 e.